The molecule has 1 heterocycles. The fourth-order valence-electron chi connectivity index (χ4n) is 1.61. The van der Waals surface area contributed by atoms with Gasteiger partial charge in [0.05, 0.1) is 12.0 Å². The summed E-state index contributed by atoms with van der Waals surface area (Å²) in [5, 5.41) is 0. The molecule has 0 aliphatic heterocycles. The molecule has 1 aromatic heterocycles. The van der Waals surface area contributed by atoms with Crippen LogP contribution in [-0.4, -0.2) is 35.1 Å². The normalized spacial score (nSPS) is 13.4. The molecule has 0 aliphatic carbocycles. The molecule has 0 aromatic carbocycles. The van der Waals surface area contributed by atoms with E-state index < -0.39 is 0 Å². The van der Waals surface area contributed by atoms with Gasteiger partial charge in [-0.1, -0.05) is 0 Å². The molecule has 4 heteroatoms. The summed E-state index contributed by atoms with van der Waals surface area (Å²) in [6, 6.07) is 0.0707. The molecule has 0 spiro atoms. The molecule has 2 N–H and O–H groups in total. The Morgan fingerprint density at radius 3 is 2.80 bits per heavy atom. The van der Waals surface area contributed by atoms with E-state index in [9.17, 15) is 0 Å². The highest BCUT2D eigenvalue weighted by Crippen LogP contribution is 2.09. The molecule has 0 unspecified atom stereocenters. The molecular formula is C11H22N4. The number of nitrogens with two attached hydrogens (primary N) is 1. The first-order valence-corrected chi connectivity index (χ1v) is 5.51. The molecule has 15 heavy (non-hydrogen) atoms. The van der Waals surface area contributed by atoms with Crippen molar-refractivity contribution in [1.82, 2.24) is 14.5 Å². The van der Waals surface area contributed by atoms with Gasteiger partial charge >= 0.3 is 0 Å². The van der Waals surface area contributed by atoms with Crippen LogP contribution in [0.2, 0.25) is 0 Å². The maximum Gasteiger partial charge on any atom is 0.0948 e. The van der Waals surface area contributed by atoms with Gasteiger partial charge in [0.15, 0.2) is 0 Å². The van der Waals surface area contributed by atoms with Crippen LogP contribution in [0, 0.1) is 0 Å². The van der Waals surface area contributed by atoms with Crippen molar-refractivity contribution >= 4 is 0 Å². The molecule has 1 atom stereocenters. The second-order valence-corrected chi connectivity index (χ2v) is 4.31. The lowest BCUT2D eigenvalue weighted by Gasteiger charge is -2.12. The monoisotopic (exact) mass is 210 g/mol. The van der Waals surface area contributed by atoms with Gasteiger partial charge in [-0.15, -0.1) is 0 Å². The second-order valence-electron chi connectivity index (χ2n) is 4.31. The zero-order valence-corrected chi connectivity index (χ0v) is 9.98. The Morgan fingerprint density at radius 1 is 1.47 bits per heavy atom. The van der Waals surface area contributed by atoms with Crippen molar-refractivity contribution in [2.75, 3.05) is 20.6 Å². The Kier molecular flexibility index (Phi) is 4.78. The largest absolute Gasteiger partial charge is 0.333 e. The fraction of sp³-hybridized carbons (Fsp3) is 0.727. The van der Waals surface area contributed by atoms with Crippen LogP contribution in [0.1, 0.15) is 31.5 Å². The van der Waals surface area contributed by atoms with Gasteiger partial charge in [0.2, 0.25) is 0 Å². The lowest BCUT2D eigenvalue weighted by Crippen LogP contribution is -2.15. The van der Waals surface area contributed by atoms with Crippen molar-refractivity contribution in [2.24, 2.45) is 5.73 Å². The first-order valence-electron chi connectivity index (χ1n) is 5.51. The average Bonchev–Trinajstić information content (AvgIpc) is 2.60. The Hall–Kier alpha value is -0.870. The Bertz CT molecular complexity index is 278. The number of aryl methyl sites for hydroxylation is 1. The van der Waals surface area contributed by atoms with E-state index in [1.165, 1.54) is 12.8 Å². The van der Waals surface area contributed by atoms with Crippen molar-refractivity contribution in [1.29, 1.82) is 0 Å². The van der Waals surface area contributed by atoms with E-state index in [0.717, 1.165) is 18.8 Å². The third kappa shape index (κ3) is 4.01. The van der Waals surface area contributed by atoms with Gasteiger partial charge in [-0.25, -0.2) is 4.98 Å². The minimum Gasteiger partial charge on any atom is -0.333 e. The Balaban J connectivity index is 2.34. The van der Waals surface area contributed by atoms with E-state index in [2.05, 4.69) is 28.5 Å². The summed E-state index contributed by atoms with van der Waals surface area (Å²) < 4.78 is 2.15. The highest BCUT2D eigenvalue weighted by Gasteiger charge is 2.05. The number of rotatable bonds is 6. The maximum atomic E-state index is 5.84. The lowest BCUT2D eigenvalue weighted by molar-refractivity contribution is 0.386. The Labute approximate surface area is 92.1 Å². The molecule has 0 amide bonds. The minimum atomic E-state index is 0.0707. The van der Waals surface area contributed by atoms with Gasteiger partial charge in [-0.2, -0.15) is 0 Å². The van der Waals surface area contributed by atoms with Crippen LogP contribution < -0.4 is 5.73 Å². The molecule has 4 nitrogen and oxygen atoms in total. The van der Waals surface area contributed by atoms with E-state index in [4.69, 9.17) is 5.73 Å². The molecule has 0 saturated heterocycles. The van der Waals surface area contributed by atoms with Crippen molar-refractivity contribution in [3.8, 4) is 0 Å². The maximum absolute atomic E-state index is 5.84. The topological polar surface area (TPSA) is 47.1 Å². The number of nitrogens with zero attached hydrogens (tertiary/aromatic N) is 3. The first-order chi connectivity index (χ1) is 7.11. The van der Waals surface area contributed by atoms with Crippen LogP contribution in [-0.2, 0) is 6.54 Å². The van der Waals surface area contributed by atoms with Crippen molar-refractivity contribution in [3.05, 3.63) is 18.2 Å². The SMILES string of the molecule is C[C@H](N)c1cncn1CCCCN(C)C. The molecule has 0 saturated carbocycles. The molecule has 86 valence electrons. The standard InChI is InChI=1S/C11H22N4/c1-10(12)11-8-13-9-15(11)7-5-4-6-14(2)3/h8-10H,4-7,12H2,1-3H3/t10-/m0/s1. The number of aromatic nitrogens is 2. The van der Waals surface area contributed by atoms with Gasteiger partial charge in [-0.3, -0.25) is 0 Å². The van der Waals surface area contributed by atoms with Crippen LogP contribution in [0.4, 0.5) is 0 Å². The van der Waals surface area contributed by atoms with E-state index in [1.54, 1.807) is 0 Å². The van der Waals surface area contributed by atoms with E-state index in [1.807, 2.05) is 19.4 Å². The lowest BCUT2D eigenvalue weighted by atomic mass is 10.2. The molecule has 0 radical (unpaired) electrons. The highest BCUT2D eigenvalue weighted by molar-refractivity contribution is 5.02. The second kappa shape index (κ2) is 5.88. The van der Waals surface area contributed by atoms with Gasteiger partial charge in [0.25, 0.3) is 0 Å². The highest BCUT2D eigenvalue weighted by atomic mass is 15.1. The van der Waals surface area contributed by atoms with E-state index >= 15 is 0 Å². The van der Waals surface area contributed by atoms with Crippen LogP contribution in [0.15, 0.2) is 12.5 Å². The van der Waals surface area contributed by atoms with Crippen molar-refractivity contribution < 1.29 is 0 Å². The number of unbranched alkanes of at least 4 members (excludes halogenated alkanes) is 1. The number of hydrogen-bond acceptors (Lipinski definition) is 3. The third-order valence-electron chi connectivity index (χ3n) is 2.47. The van der Waals surface area contributed by atoms with Crippen LogP contribution in [0.3, 0.4) is 0 Å². The predicted octanol–water partition coefficient (Wildman–Crippen LogP) is 1.24. The average molecular weight is 210 g/mol. The van der Waals surface area contributed by atoms with Crippen LogP contribution in [0.5, 0.6) is 0 Å². The van der Waals surface area contributed by atoms with E-state index in [0.29, 0.717) is 0 Å². The molecule has 1 aromatic rings. The molecule has 0 aliphatic rings. The number of hydrogen-bond donors (Lipinski definition) is 1. The smallest absolute Gasteiger partial charge is 0.0948 e. The van der Waals surface area contributed by atoms with Crippen LogP contribution >= 0.6 is 0 Å². The molecular weight excluding hydrogens is 188 g/mol. The van der Waals surface area contributed by atoms with Gasteiger partial charge < -0.3 is 15.2 Å². The molecule has 0 fully saturated rings. The first kappa shape index (κ1) is 12.2. The Morgan fingerprint density at radius 2 is 2.20 bits per heavy atom. The summed E-state index contributed by atoms with van der Waals surface area (Å²) in [7, 11) is 4.20. The summed E-state index contributed by atoms with van der Waals surface area (Å²) in [5.41, 5.74) is 6.97. The van der Waals surface area contributed by atoms with Crippen LogP contribution in [0.25, 0.3) is 0 Å². The fourth-order valence-corrected chi connectivity index (χ4v) is 1.61. The quantitative estimate of drug-likeness (QED) is 0.719. The third-order valence-corrected chi connectivity index (χ3v) is 2.47. The predicted molar refractivity (Wildman–Crippen MR) is 62.6 cm³/mol. The van der Waals surface area contributed by atoms with Gasteiger partial charge in [-0.05, 0) is 40.4 Å². The van der Waals surface area contributed by atoms with Gasteiger partial charge in [0, 0.05) is 18.8 Å². The van der Waals surface area contributed by atoms with E-state index in [-0.39, 0.29) is 6.04 Å². The summed E-state index contributed by atoms with van der Waals surface area (Å²) in [6.07, 6.45) is 6.11. The molecule has 0 bridgehead atoms. The van der Waals surface area contributed by atoms with Gasteiger partial charge in [0.1, 0.15) is 0 Å². The summed E-state index contributed by atoms with van der Waals surface area (Å²) >= 11 is 0. The van der Waals surface area contributed by atoms with Crippen molar-refractivity contribution in [2.45, 2.75) is 32.4 Å². The zero-order valence-electron chi connectivity index (χ0n) is 9.98. The van der Waals surface area contributed by atoms with Crippen molar-refractivity contribution in [3.63, 3.8) is 0 Å². The molecule has 1 rings (SSSR count). The number of imidazole rings is 1. The minimum absolute atomic E-state index is 0.0707. The zero-order chi connectivity index (χ0) is 11.3. The summed E-state index contributed by atoms with van der Waals surface area (Å²) in [6.45, 7) is 4.15. The summed E-state index contributed by atoms with van der Waals surface area (Å²) in [5.74, 6) is 0. The summed E-state index contributed by atoms with van der Waals surface area (Å²) in [4.78, 5) is 6.34.